The highest BCUT2D eigenvalue weighted by atomic mass is 16.2. The molecule has 0 bridgehead atoms. The van der Waals surface area contributed by atoms with Gasteiger partial charge in [0.15, 0.2) is 0 Å². The molecule has 1 heterocycles. The number of nitrogens with one attached hydrogen (secondary N) is 3. The third kappa shape index (κ3) is 5.67. The lowest BCUT2D eigenvalue weighted by Crippen LogP contribution is -2.55. The molecule has 1 unspecified atom stereocenters. The molecule has 6 heteroatoms. The van der Waals surface area contributed by atoms with Crippen LogP contribution in [-0.4, -0.2) is 22.8 Å². The maximum absolute atomic E-state index is 12.4. The number of aromatic nitrogens is 1. The maximum Gasteiger partial charge on any atom is 0.257 e. The lowest BCUT2D eigenvalue weighted by atomic mass is 9.86. The molecule has 138 valence electrons. The van der Waals surface area contributed by atoms with E-state index in [1.807, 2.05) is 63.2 Å². The van der Waals surface area contributed by atoms with Crippen LogP contribution in [0.3, 0.4) is 0 Å². The molecule has 0 radical (unpaired) electrons. The van der Waals surface area contributed by atoms with Crippen LogP contribution in [0.15, 0.2) is 48.7 Å². The highest BCUT2D eigenvalue weighted by Crippen LogP contribution is 2.19. The normalized spacial score (nSPS) is 12.3. The Morgan fingerprint density at radius 2 is 1.77 bits per heavy atom. The van der Waals surface area contributed by atoms with Crippen LogP contribution in [0.2, 0.25) is 0 Å². The van der Waals surface area contributed by atoms with Gasteiger partial charge in [0.05, 0.1) is 5.69 Å². The molecule has 1 aromatic carbocycles. The van der Waals surface area contributed by atoms with E-state index in [9.17, 15) is 9.59 Å². The van der Waals surface area contributed by atoms with Crippen LogP contribution in [0.1, 0.15) is 33.3 Å². The molecule has 0 fully saturated rings. The molecule has 1 atom stereocenters. The van der Waals surface area contributed by atoms with E-state index in [1.165, 1.54) is 6.92 Å². The molecule has 0 saturated carbocycles. The number of pyridine rings is 1. The van der Waals surface area contributed by atoms with E-state index < -0.39 is 6.04 Å². The van der Waals surface area contributed by atoms with Gasteiger partial charge in [0, 0.05) is 25.2 Å². The van der Waals surface area contributed by atoms with Gasteiger partial charge in [-0.15, -0.1) is 0 Å². The summed E-state index contributed by atoms with van der Waals surface area (Å²) in [5.41, 5.74) is 8.19. The minimum atomic E-state index is -0.612. The highest BCUT2D eigenvalue weighted by Gasteiger charge is 2.31. The summed E-state index contributed by atoms with van der Waals surface area (Å²) in [5.74, 6) is -0.497. The fraction of sp³-hybridized carbons (Fsp3) is 0.350. The largest absolute Gasteiger partial charge is 0.344 e. The summed E-state index contributed by atoms with van der Waals surface area (Å²) >= 11 is 0. The van der Waals surface area contributed by atoms with Gasteiger partial charge in [-0.2, -0.15) is 0 Å². The Hall–Kier alpha value is -2.73. The Kier molecular flexibility index (Phi) is 6.46. The van der Waals surface area contributed by atoms with E-state index in [0.717, 1.165) is 16.8 Å². The van der Waals surface area contributed by atoms with Crippen molar-refractivity contribution in [2.24, 2.45) is 5.41 Å². The van der Waals surface area contributed by atoms with Gasteiger partial charge >= 0.3 is 0 Å². The monoisotopic (exact) mass is 354 g/mol. The molecule has 0 aliphatic heterocycles. The zero-order valence-electron chi connectivity index (χ0n) is 15.7. The van der Waals surface area contributed by atoms with Crippen LogP contribution in [0.5, 0.6) is 0 Å². The number of carbonyl (C=O) groups excluding carboxylic acids is 2. The fourth-order valence-corrected chi connectivity index (χ4v) is 2.51. The first-order valence-electron chi connectivity index (χ1n) is 8.57. The van der Waals surface area contributed by atoms with Crippen molar-refractivity contribution in [2.75, 3.05) is 0 Å². The number of hydrogen-bond donors (Lipinski definition) is 3. The predicted octanol–water partition coefficient (Wildman–Crippen LogP) is 2.42. The van der Waals surface area contributed by atoms with E-state index in [-0.39, 0.29) is 17.2 Å². The first kappa shape index (κ1) is 19.6. The van der Waals surface area contributed by atoms with E-state index in [4.69, 9.17) is 0 Å². The quantitative estimate of drug-likeness (QED) is 0.696. The number of carbonyl (C=O) groups is 2. The second-order valence-electron chi connectivity index (χ2n) is 7.25. The molecular formula is C20H26N4O2. The van der Waals surface area contributed by atoms with Gasteiger partial charge in [-0.3, -0.25) is 20.0 Å². The van der Waals surface area contributed by atoms with E-state index >= 15 is 0 Å². The Balaban J connectivity index is 1.90. The smallest absolute Gasteiger partial charge is 0.257 e. The Labute approximate surface area is 154 Å². The molecule has 2 amide bonds. The Bertz CT molecular complexity index is 737. The fourth-order valence-electron chi connectivity index (χ4n) is 2.51. The van der Waals surface area contributed by atoms with Gasteiger partial charge in [0.2, 0.25) is 5.91 Å². The van der Waals surface area contributed by atoms with Crippen molar-refractivity contribution in [1.82, 2.24) is 21.2 Å². The average Bonchev–Trinajstić information content (AvgIpc) is 2.60. The summed E-state index contributed by atoms with van der Waals surface area (Å²) in [6.07, 6.45) is 1.76. The molecule has 3 N–H and O–H groups in total. The zero-order chi connectivity index (χ0) is 19.2. The number of nitrogens with zero attached hydrogens (tertiary/aromatic N) is 1. The summed E-state index contributed by atoms with van der Waals surface area (Å²) in [6, 6.07) is 13.1. The van der Waals surface area contributed by atoms with Gasteiger partial charge in [-0.05, 0) is 23.1 Å². The van der Waals surface area contributed by atoms with Crippen LogP contribution in [0.4, 0.5) is 0 Å². The van der Waals surface area contributed by atoms with Crippen LogP contribution in [0.25, 0.3) is 11.3 Å². The van der Waals surface area contributed by atoms with Gasteiger partial charge in [0.25, 0.3) is 5.91 Å². The first-order valence-corrected chi connectivity index (χ1v) is 8.57. The number of hydrogen-bond acceptors (Lipinski definition) is 4. The highest BCUT2D eigenvalue weighted by molar-refractivity contribution is 5.87. The molecule has 26 heavy (non-hydrogen) atoms. The summed E-state index contributed by atoms with van der Waals surface area (Å²) < 4.78 is 0. The summed E-state index contributed by atoms with van der Waals surface area (Å²) in [4.78, 5) is 28.0. The van der Waals surface area contributed by atoms with Crippen molar-refractivity contribution in [1.29, 1.82) is 0 Å². The van der Waals surface area contributed by atoms with Crippen molar-refractivity contribution < 1.29 is 9.59 Å². The minimum Gasteiger partial charge on any atom is -0.344 e. The van der Waals surface area contributed by atoms with Crippen molar-refractivity contribution in [3.05, 3.63) is 54.2 Å². The number of amides is 2. The zero-order valence-corrected chi connectivity index (χ0v) is 15.7. The second-order valence-corrected chi connectivity index (χ2v) is 7.25. The molecule has 6 nitrogen and oxygen atoms in total. The van der Waals surface area contributed by atoms with Crippen LogP contribution in [-0.2, 0) is 16.1 Å². The SMILES string of the molecule is CC(=O)NC(C(=O)NNCc1ccc(-c2ccccn2)cc1)C(C)(C)C. The molecule has 0 aliphatic rings. The van der Waals surface area contributed by atoms with Gasteiger partial charge < -0.3 is 5.32 Å². The van der Waals surface area contributed by atoms with Gasteiger partial charge in [0.1, 0.15) is 6.04 Å². The molecular weight excluding hydrogens is 328 g/mol. The third-order valence-electron chi connectivity index (χ3n) is 3.89. The van der Waals surface area contributed by atoms with Crippen molar-refractivity contribution in [2.45, 2.75) is 40.3 Å². The number of rotatable bonds is 6. The van der Waals surface area contributed by atoms with Crippen molar-refractivity contribution >= 4 is 11.8 Å². The van der Waals surface area contributed by atoms with E-state index in [2.05, 4.69) is 21.2 Å². The lowest BCUT2D eigenvalue weighted by Gasteiger charge is -2.30. The summed E-state index contributed by atoms with van der Waals surface area (Å²) in [5, 5.41) is 2.70. The molecule has 0 saturated heterocycles. The topological polar surface area (TPSA) is 83.1 Å². The van der Waals surface area contributed by atoms with Crippen LogP contribution >= 0.6 is 0 Å². The molecule has 0 aliphatic carbocycles. The van der Waals surface area contributed by atoms with Crippen molar-refractivity contribution in [3.8, 4) is 11.3 Å². The maximum atomic E-state index is 12.4. The standard InChI is InChI=1S/C20H26N4O2/c1-14(25)23-18(20(2,3)4)19(26)24-22-13-15-8-10-16(11-9-15)17-7-5-6-12-21-17/h5-12,18,22H,13H2,1-4H3,(H,23,25)(H,24,26). The van der Waals surface area contributed by atoms with Gasteiger partial charge in [-0.25, -0.2) is 5.43 Å². The lowest BCUT2D eigenvalue weighted by molar-refractivity contribution is -0.131. The summed E-state index contributed by atoms with van der Waals surface area (Å²) in [7, 11) is 0. The van der Waals surface area contributed by atoms with E-state index in [0.29, 0.717) is 6.54 Å². The second kappa shape index (κ2) is 8.58. The molecule has 1 aromatic heterocycles. The Morgan fingerprint density at radius 1 is 1.08 bits per heavy atom. The van der Waals surface area contributed by atoms with E-state index in [1.54, 1.807) is 6.20 Å². The average molecular weight is 354 g/mol. The third-order valence-corrected chi connectivity index (χ3v) is 3.89. The number of benzene rings is 1. The van der Waals surface area contributed by atoms with Crippen LogP contribution < -0.4 is 16.2 Å². The predicted molar refractivity (Wildman–Crippen MR) is 102 cm³/mol. The summed E-state index contributed by atoms with van der Waals surface area (Å²) in [6.45, 7) is 7.60. The Morgan fingerprint density at radius 3 is 2.31 bits per heavy atom. The molecule has 2 aromatic rings. The van der Waals surface area contributed by atoms with Crippen molar-refractivity contribution in [3.63, 3.8) is 0 Å². The molecule has 2 rings (SSSR count). The number of hydrazine groups is 1. The molecule has 0 spiro atoms. The minimum absolute atomic E-state index is 0.231. The van der Waals surface area contributed by atoms with Gasteiger partial charge in [-0.1, -0.05) is 51.1 Å². The first-order chi connectivity index (χ1) is 12.3. The van der Waals surface area contributed by atoms with Crippen LogP contribution in [0, 0.1) is 5.41 Å².